The third-order valence-electron chi connectivity index (χ3n) is 8.51. The Morgan fingerprint density at radius 1 is 1.23 bits per heavy atom. The van der Waals surface area contributed by atoms with Gasteiger partial charge >= 0.3 is 5.97 Å². The first-order chi connectivity index (χ1) is 14.4. The Morgan fingerprint density at radius 2 is 2.00 bits per heavy atom. The fourth-order valence-electron chi connectivity index (χ4n) is 6.39. The number of rotatable bonds is 4. The fourth-order valence-corrected chi connectivity index (χ4v) is 6.39. The van der Waals surface area contributed by atoms with Gasteiger partial charge in [-0.2, -0.15) is 0 Å². The van der Waals surface area contributed by atoms with Crippen molar-refractivity contribution in [2.24, 2.45) is 11.8 Å². The predicted octanol–water partition coefficient (Wildman–Crippen LogP) is 4.05. The van der Waals surface area contributed by atoms with E-state index in [9.17, 15) is 9.90 Å². The monoisotopic (exact) mass is 405 g/mol. The lowest BCUT2D eigenvalue weighted by Gasteiger charge is -2.54. The van der Waals surface area contributed by atoms with E-state index in [-0.39, 0.29) is 11.4 Å². The standard InChI is InChI=1S/C26H31NO3/c1-17-23-13-18-9-10-21(28)14-22(18)25(17,2)11-12-27(23)16-20-15-26(20,24(29)30-3)19-7-5-4-6-8-19/h4-10,14,17,20,23,28H,11-13,15-16H2,1-3H3/t17-,20-,23?,25+,26+/m0/s1. The molecule has 2 aliphatic carbocycles. The van der Waals surface area contributed by atoms with Gasteiger partial charge in [-0.05, 0) is 71.9 Å². The van der Waals surface area contributed by atoms with Gasteiger partial charge in [0.05, 0.1) is 12.5 Å². The summed E-state index contributed by atoms with van der Waals surface area (Å²) in [4.78, 5) is 15.4. The van der Waals surface area contributed by atoms with Crippen LogP contribution in [0.1, 0.15) is 43.4 Å². The molecule has 30 heavy (non-hydrogen) atoms. The Kier molecular flexibility index (Phi) is 4.48. The molecule has 4 heteroatoms. The molecule has 1 heterocycles. The number of phenols is 1. The molecule has 1 saturated carbocycles. The molecule has 0 amide bonds. The molecule has 2 bridgehead atoms. The highest BCUT2D eigenvalue weighted by Crippen LogP contribution is 2.57. The van der Waals surface area contributed by atoms with Gasteiger partial charge in [-0.1, -0.05) is 50.2 Å². The zero-order chi connectivity index (χ0) is 21.1. The minimum Gasteiger partial charge on any atom is -0.508 e. The highest BCUT2D eigenvalue weighted by atomic mass is 16.5. The predicted molar refractivity (Wildman–Crippen MR) is 117 cm³/mol. The minimum absolute atomic E-state index is 0.0932. The van der Waals surface area contributed by atoms with Crippen molar-refractivity contribution < 1.29 is 14.6 Å². The maximum atomic E-state index is 12.8. The van der Waals surface area contributed by atoms with Gasteiger partial charge in [0.15, 0.2) is 0 Å². The average Bonchev–Trinajstić information content (AvgIpc) is 3.48. The topological polar surface area (TPSA) is 49.8 Å². The summed E-state index contributed by atoms with van der Waals surface area (Å²) < 4.78 is 5.25. The Balaban J connectivity index is 1.41. The lowest BCUT2D eigenvalue weighted by molar-refractivity contribution is -0.144. The largest absolute Gasteiger partial charge is 0.508 e. The number of hydrogen-bond donors (Lipinski definition) is 1. The maximum Gasteiger partial charge on any atom is 0.316 e. The van der Waals surface area contributed by atoms with E-state index in [4.69, 9.17) is 4.74 Å². The van der Waals surface area contributed by atoms with Crippen molar-refractivity contribution in [3.8, 4) is 5.75 Å². The Morgan fingerprint density at radius 3 is 2.73 bits per heavy atom. The minimum atomic E-state index is -0.488. The van der Waals surface area contributed by atoms with Gasteiger partial charge in [0.1, 0.15) is 5.75 Å². The molecular formula is C26H31NO3. The number of carbonyl (C=O) groups excluding carboxylic acids is 1. The van der Waals surface area contributed by atoms with Crippen LogP contribution in [0.3, 0.4) is 0 Å². The van der Waals surface area contributed by atoms with Gasteiger partial charge in [-0.25, -0.2) is 0 Å². The van der Waals surface area contributed by atoms with E-state index >= 15 is 0 Å². The number of carbonyl (C=O) groups is 1. The number of fused-ring (bicyclic) bond motifs is 4. The molecule has 2 fully saturated rings. The summed E-state index contributed by atoms with van der Waals surface area (Å²) >= 11 is 0. The van der Waals surface area contributed by atoms with Crippen molar-refractivity contribution in [2.45, 2.75) is 50.0 Å². The number of ether oxygens (including phenoxy) is 1. The van der Waals surface area contributed by atoms with Crippen LogP contribution in [-0.2, 0) is 26.8 Å². The summed E-state index contributed by atoms with van der Waals surface area (Å²) in [6.07, 6.45) is 2.95. The number of esters is 1. The van der Waals surface area contributed by atoms with Crippen LogP contribution in [0, 0.1) is 11.8 Å². The van der Waals surface area contributed by atoms with E-state index in [1.807, 2.05) is 30.3 Å². The number of benzene rings is 2. The molecular weight excluding hydrogens is 374 g/mol. The van der Waals surface area contributed by atoms with Gasteiger partial charge in [0.2, 0.25) is 0 Å². The molecule has 4 nitrogen and oxygen atoms in total. The maximum absolute atomic E-state index is 12.8. The van der Waals surface area contributed by atoms with E-state index < -0.39 is 5.41 Å². The summed E-state index contributed by atoms with van der Waals surface area (Å²) in [6, 6.07) is 16.5. The first-order valence-electron chi connectivity index (χ1n) is 11.1. The summed E-state index contributed by atoms with van der Waals surface area (Å²) in [7, 11) is 1.50. The van der Waals surface area contributed by atoms with Crippen LogP contribution in [0.5, 0.6) is 5.75 Å². The number of likely N-dealkylation sites (tertiary alicyclic amines) is 1. The van der Waals surface area contributed by atoms with Crippen LogP contribution in [0.25, 0.3) is 0 Å². The third kappa shape index (κ3) is 2.73. The molecule has 1 N–H and O–H groups in total. The first kappa shape index (κ1) is 19.6. The highest BCUT2D eigenvalue weighted by Gasteiger charge is 2.63. The zero-order valence-corrected chi connectivity index (χ0v) is 18.1. The van der Waals surface area contributed by atoms with Crippen LogP contribution in [0.15, 0.2) is 48.5 Å². The van der Waals surface area contributed by atoms with Gasteiger partial charge < -0.3 is 9.84 Å². The van der Waals surface area contributed by atoms with Crippen molar-refractivity contribution in [1.82, 2.24) is 4.90 Å². The van der Waals surface area contributed by atoms with Crippen molar-refractivity contribution in [3.63, 3.8) is 0 Å². The smallest absolute Gasteiger partial charge is 0.316 e. The fraction of sp³-hybridized carbons (Fsp3) is 0.500. The molecule has 2 aromatic carbocycles. The number of methoxy groups -OCH3 is 1. The van der Waals surface area contributed by atoms with Crippen molar-refractivity contribution in [2.75, 3.05) is 20.2 Å². The summed E-state index contributed by atoms with van der Waals surface area (Å²) in [5.41, 5.74) is 3.38. The number of aromatic hydroxyl groups is 1. The number of piperidine rings is 1. The second kappa shape index (κ2) is 6.84. The van der Waals surface area contributed by atoms with Crippen LogP contribution in [0.4, 0.5) is 0 Å². The summed E-state index contributed by atoms with van der Waals surface area (Å²) in [6.45, 7) is 6.69. The molecule has 0 spiro atoms. The molecule has 1 saturated heterocycles. The lowest BCUT2D eigenvalue weighted by atomic mass is 9.59. The van der Waals surface area contributed by atoms with E-state index in [1.165, 1.54) is 18.2 Å². The van der Waals surface area contributed by atoms with Crippen LogP contribution in [0.2, 0.25) is 0 Å². The second-order valence-corrected chi connectivity index (χ2v) is 9.79. The molecule has 5 rings (SSSR count). The van der Waals surface area contributed by atoms with E-state index in [1.54, 1.807) is 0 Å². The molecule has 2 aromatic rings. The second-order valence-electron chi connectivity index (χ2n) is 9.79. The van der Waals surface area contributed by atoms with Crippen LogP contribution < -0.4 is 0 Å². The number of hydrogen-bond acceptors (Lipinski definition) is 4. The number of nitrogens with zero attached hydrogens (tertiary/aromatic N) is 1. The zero-order valence-electron chi connectivity index (χ0n) is 18.1. The van der Waals surface area contributed by atoms with E-state index in [2.05, 4.69) is 36.9 Å². The van der Waals surface area contributed by atoms with Crippen molar-refractivity contribution in [1.29, 1.82) is 0 Å². The van der Waals surface area contributed by atoms with Gasteiger partial charge in [-0.3, -0.25) is 9.69 Å². The van der Waals surface area contributed by atoms with Crippen LogP contribution in [-0.4, -0.2) is 42.2 Å². The number of phenolic OH excluding ortho intramolecular Hbond substituents is 1. The highest BCUT2D eigenvalue weighted by molar-refractivity contribution is 5.87. The van der Waals surface area contributed by atoms with Crippen LogP contribution >= 0.6 is 0 Å². The quantitative estimate of drug-likeness (QED) is 0.780. The summed E-state index contributed by atoms with van der Waals surface area (Å²) in [5.74, 6) is 1.07. The Hall–Kier alpha value is -2.33. The molecule has 1 unspecified atom stereocenters. The van der Waals surface area contributed by atoms with Crippen molar-refractivity contribution in [3.05, 3.63) is 65.2 Å². The lowest BCUT2D eigenvalue weighted by Crippen LogP contribution is -2.58. The third-order valence-corrected chi connectivity index (χ3v) is 8.51. The molecule has 5 atom stereocenters. The molecule has 1 aliphatic heterocycles. The Bertz CT molecular complexity index is 973. The molecule has 158 valence electrons. The van der Waals surface area contributed by atoms with Gasteiger partial charge in [0, 0.05) is 12.6 Å². The SMILES string of the molecule is COC(=O)[C@@]1(c2ccccc2)C[C@H]1CN1CC[C@@]2(C)c3cc(O)ccc3CC1[C@@H]2C. The van der Waals surface area contributed by atoms with Gasteiger partial charge in [0.25, 0.3) is 0 Å². The Labute approximate surface area is 178 Å². The molecule has 0 radical (unpaired) electrons. The van der Waals surface area contributed by atoms with E-state index in [0.717, 1.165) is 37.9 Å². The van der Waals surface area contributed by atoms with Gasteiger partial charge in [-0.15, -0.1) is 0 Å². The van der Waals surface area contributed by atoms with E-state index in [0.29, 0.717) is 23.6 Å². The van der Waals surface area contributed by atoms with Crippen molar-refractivity contribution >= 4 is 5.97 Å². The normalized spacial score (nSPS) is 34.8. The molecule has 3 aliphatic rings. The first-order valence-corrected chi connectivity index (χ1v) is 11.1. The summed E-state index contributed by atoms with van der Waals surface area (Å²) in [5, 5.41) is 10.1. The average molecular weight is 406 g/mol. The molecule has 0 aromatic heterocycles.